The highest BCUT2D eigenvalue weighted by Crippen LogP contribution is 2.06. The van der Waals surface area contributed by atoms with Gasteiger partial charge in [0.2, 0.25) is 0 Å². The van der Waals surface area contributed by atoms with Crippen molar-refractivity contribution in [2.24, 2.45) is 0 Å². The fourth-order valence-electron chi connectivity index (χ4n) is 0.785. The highest BCUT2D eigenvalue weighted by molar-refractivity contribution is 8.13. The van der Waals surface area contributed by atoms with E-state index in [1.165, 1.54) is 13.2 Å². The number of carbonyl (C=O) groups is 2. The first-order chi connectivity index (χ1) is 6.74. The summed E-state index contributed by atoms with van der Waals surface area (Å²) in [6, 6.07) is 1.62. The number of thioether (sulfide) groups is 1. The Bertz CT molecular complexity index is 395. The van der Waals surface area contributed by atoms with Gasteiger partial charge in [0.1, 0.15) is 0 Å². The van der Waals surface area contributed by atoms with Crippen molar-refractivity contribution in [3.05, 3.63) is 23.7 Å². The van der Waals surface area contributed by atoms with E-state index in [9.17, 15) is 9.59 Å². The Morgan fingerprint density at radius 2 is 2.50 bits per heavy atom. The van der Waals surface area contributed by atoms with Crippen molar-refractivity contribution in [2.45, 2.75) is 6.92 Å². The molecule has 0 fully saturated rings. The minimum Gasteiger partial charge on any atom is -0.460 e. The molecular weight excluding hydrogens is 200 g/mol. The third-order valence-corrected chi connectivity index (χ3v) is 2.07. The maximum absolute atomic E-state index is 10.5. The molecule has 0 bridgehead atoms. The summed E-state index contributed by atoms with van der Waals surface area (Å²) >= 11 is 1.14. The van der Waals surface area contributed by atoms with Crippen LogP contribution in [0.5, 0.6) is 0 Å². The van der Waals surface area contributed by atoms with E-state index in [4.69, 9.17) is 4.42 Å². The Hall–Kier alpha value is -1.47. The van der Waals surface area contributed by atoms with Crippen molar-refractivity contribution in [1.29, 1.82) is 0 Å². The molecule has 0 aliphatic rings. The highest BCUT2D eigenvalue weighted by atomic mass is 32.2. The van der Waals surface area contributed by atoms with Gasteiger partial charge in [-0.15, -0.1) is 0 Å². The van der Waals surface area contributed by atoms with Crippen LogP contribution in [0.2, 0.25) is 0 Å². The van der Waals surface area contributed by atoms with E-state index in [1.807, 2.05) is 0 Å². The first-order valence-corrected chi connectivity index (χ1v) is 4.87. The summed E-state index contributed by atoms with van der Waals surface area (Å²) in [5, 5.41) is 0.0297. The topological polar surface area (TPSA) is 47.3 Å². The molecule has 0 atom stereocenters. The molecule has 0 unspecified atom stereocenters. The first-order valence-electron chi connectivity index (χ1n) is 3.89. The van der Waals surface area contributed by atoms with Crippen molar-refractivity contribution < 1.29 is 14.0 Å². The maximum atomic E-state index is 10.5. The van der Waals surface area contributed by atoms with Crippen LogP contribution in [-0.4, -0.2) is 17.2 Å². The van der Waals surface area contributed by atoms with E-state index in [1.54, 1.807) is 6.07 Å². The second-order valence-corrected chi connectivity index (χ2v) is 3.55. The zero-order chi connectivity index (χ0) is 10.4. The molecule has 0 aliphatic heterocycles. The van der Waals surface area contributed by atoms with Crippen LogP contribution >= 0.6 is 11.8 Å². The quantitative estimate of drug-likeness (QED) is 0.548. The average Bonchev–Trinajstić information content (AvgIpc) is 2.59. The second-order valence-electron chi connectivity index (χ2n) is 2.40. The molecule has 0 N–H and O–H groups in total. The molecule has 0 aliphatic carbocycles. The molecule has 4 heteroatoms. The molecule has 1 aromatic rings. The summed E-state index contributed by atoms with van der Waals surface area (Å²) in [6.07, 6.45) is 2.02. The largest absolute Gasteiger partial charge is 0.460 e. The lowest BCUT2D eigenvalue weighted by Crippen LogP contribution is -1.83. The molecule has 0 spiro atoms. The van der Waals surface area contributed by atoms with Gasteiger partial charge in [0.25, 0.3) is 0 Å². The molecule has 14 heavy (non-hydrogen) atoms. The third-order valence-electron chi connectivity index (χ3n) is 1.37. The predicted octanol–water partition coefficient (Wildman–Crippen LogP) is 1.72. The molecule has 1 rings (SSSR count). The van der Waals surface area contributed by atoms with Crippen LogP contribution in [-0.2, 0) is 4.79 Å². The van der Waals surface area contributed by atoms with Gasteiger partial charge in [0.15, 0.2) is 17.2 Å². The van der Waals surface area contributed by atoms with Gasteiger partial charge in [0.05, 0.1) is 17.6 Å². The van der Waals surface area contributed by atoms with Crippen LogP contribution in [0, 0.1) is 11.8 Å². The van der Waals surface area contributed by atoms with Gasteiger partial charge in [-0.2, -0.15) is 0 Å². The van der Waals surface area contributed by atoms with Crippen LogP contribution < -0.4 is 0 Å². The Labute approximate surface area is 85.9 Å². The first kappa shape index (κ1) is 10.6. The summed E-state index contributed by atoms with van der Waals surface area (Å²) in [4.78, 5) is 21.0. The van der Waals surface area contributed by atoms with Crippen LogP contribution in [0.15, 0.2) is 16.7 Å². The standard InChI is InChI=1S/C10H8O3S/c1-8(12)14-6-2-3-9-4-5-13-10(9)7-11/h4-5,7H,6H2,1H3. The van der Waals surface area contributed by atoms with E-state index in [0.717, 1.165) is 11.8 Å². The summed E-state index contributed by atoms with van der Waals surface area (Å²) in [7, 11) is 0. The SMILES string of the molecule is CC(=O)SCC#Cc1ccoc1C=O. The van der Waals surface area contributed by atoms with Gasteiger partial charge in [-0.1, -0.05) is 23.6 Å². The Kier molecular flexibility index (Phi) is 4.02. The molecule has 0 saturated heterocycles. The number of furan rings is 1. The Morgan fingerprint density at radius 1 is 1.71 bits per heavy atom. The van der Waals surface area contributed by atoms with Gasteiger partial charge in [-0.05, 0) is 6.07 Å². The summed E-state index contributed by atoms with van der Waals surface area (Å²) in [5.74, 6) is 6.18. The van der Waals surface area contributed by atoms with Gasteiger partial charge >= 0.3 is 0 Å². The van der Waals surface area contributed by atoms with Gasteiger partial charge < -0.3 is 4.42 Å². The second kappa shape index (κ2) is 5.30. The van der Waals surface area contributed by atoms with Crippen molar-refractivity contribution in [3.8, 4) is 11.8 Å². The maximum Gasteiger partial charge on any atom is 0.186 e. The monoisotopic (exact) mass is 208 g/mol. The molecule has 72 valence electrons. The fraction of sp³-hybridized carbons (Fsp3) is 0.200. The Balaban J connectivity index is 2.58. The van der Waals surface area contributed by atoms with Crippen LogP contribution in [0.3, 0.4) is 0 Å². The smallest absolute Gasteiger partial charge is 0.186 e. The van der Waals surface area contributed by atoms with Crippen molar-refractivity contribution in [2.75, 3.05) is 5.75 Å². The molecule has 1 aromatic heterocycles. The molecule has 0 aromatic carbocycles. The summed E-state index contributed by atoms with van der Waals surface area (Å²) < 4.78 is 4.85. The van der Waals surface area contributed by atoms with E-state index < -0.39 is 0 Å². The number of hydrogen-bond donors (Lipinski definition) is 0. The third kappa shape index (κ3) is 3.11. The lowest BCUT2D eigenvalue weighted by atomic mass is 10.3. The average molecular weight is 208 g/mol. The van der Waals surface area contributed by atoms with Gasteiger partial charge in [-0.25, -0.2) is 0 Å². The number of rotatable bonds is 2. The highest BCUT2D eigenvalue weighted by Gasteiger charge is 2.00. The van der Waals surface area contributed by atoms with Crippen molar-refractivity contribution >= 4 is 23.2 Å². The predicted molar refractivity (Wildman–Crippen MR) is 54.1 cm³/mol. The zero-order valence-electron chi connectivity index (χ0n) is 7.57. The summed E-state index contributed by atoms with van der Waals surface area (Å²) in [6.45, 7) is 1.49. The van der Waals surface area contributed by atoms with Crippen molar-refractivity contribution in [3.63, 3.8) is 0 Å². The number of carbonyl (C=O) groups excluding carboxylic acids is 2. The number of aldehydes is 1. The van der Waals surface area contributed by atoms with Crippen LogP contribution in [0.4, 0.5) is 0 Å². The lowest BCUT2D eigenvalue weighted by Gasteiger charge is -1.84. The van der Waals surface area contributed by atoms with E-state index in [2.05, 4.69) is 11.8 Å². The molecule has 1 heterocycles. The fourth-order valence-corrected chi connectivity index (χ4v) is 1.13. The molecule has 0 saturated carbocycles. The minimum absolute atomic E-state index is 0.0297. The number of hydrogen-bond acceptors (Lipinski definition) is 4. The molecule has 0 radical (unpaired) electrons. The van der Waals surface area contributed by atoms with E-state index in [-0.39, 0.29) is 10.9 Å². The lowest BCUT2D eigenvalue weighted by molar-refractivity contribution is -0.109. The van der Waals surface area contributed by atoms with Crippen LogP contribution in [0.1, 0.15) is 23.0 Å². The zero-order valence-corrected chi connectivity index (χ0v) is 8.39. The summed E-state index contributed by atoms with van der Waals surface area (Å²) in [5.41, 5.74) is 0.559. The normalized spacial score (nSPS) is 8.93. The van der Waals surface area contributed by atoms with Gasteiger partial charge in [0, 0.05) is 6.92 Å². The van der Waals surface area contributed by atoms with Gasteiger partial charge in [-0.3, -0.25) is 9.59 Å². The molecule has 3 nitrogen and oxygen atoms in total. The molecular formula is C10H8O3S. The van der Waals surface area contributed by atoms with Crippen molar-refractivity contribution in [1.82, 2.24) is 0 Å². The molecule has 0 amide bonds. The Morgan fingerprint density at radius 3 is 3.14 bits per heavy atom. The van der Waals surface area contributed by atoms with Crippen LogP contribution in [0.25, 0.3) is 0 Å². The van der Waals surface area contributed by atoms with E-state index in [0.29, 0.717) is 17.6 Å². The van der Waals surface area contributed by atoms with E-state index >= 15 is 0 Å². The minimum atomic E-state index is 0.0297.